The van der Waals surface area contributed by atoms with Gasteiger partial charge in [-0.1, -0.05) is 13.8 Å². The first kappa shape index (κ1) is 20.5. The monoisotopic (exact) mass is 418 g/mol. The molecule has 2 aromatic rings. The van der Waals surface area contributed by atoms with Crippen LogP contribution in [-0.2, 0) is 0 Å². The number of ether oxygens (including phenoxy) is 1. The summed E-state index contributed by atoms with van der Waals surface area (Å²) in [7, 11) is 1.42. The molecule has 5 N–H and O–H groups in total. The average Bonchev–Trinajstić information content (AvgIpc) is 3.53. The number of carbonyl (C=O) groups is 1. The second-order valence-electron chi connectivity index (χ2n) is 8.59. The molecule has 1 aromatic carbocycles. The Morgan fingerprint density at radius 2 is 1.87 bits per heavy atom. The number of nitrogen functional groups attached to an aromatic ring is 1. The quantitative estimate of drug-likeness (QED) is 0.650. The van der Waals surface area contributed by atoms with Crippen LogP contribution in [0.2, 0.25) is 0 Å². The number of carboxylic acid groups (broad SMARTS) is 1. The summed E-state index contributed by atoms with van der Waals surface area (Å²) in [5.41, 5.74) is 11.3. The molecule has 1 aliphatic heterocycles. The predicted molar refractivity (Wildman–Crippen MR) is 113 cm³/mol. The summed E-state index contributed by atoms with van der Waals surface area (Å²) in [5.74, 6) is -1.69. The highest BCUT2D eigenvalue weighted by atomic mass is 19.1. The Morgan fingerprint density at radius 1 is 1.27 bits per heavy atom. The Balaban J connectivity index is 2.06. The summed E-state index contributed by atoms with van der Waals surface area (Å²) >= 11 is 0. The van der Waals surface area contributed by atoms with Gasteiger partial charge in [0.05, 0.1) is 23.7 Å². The number of anilines is 2. The van der Waals surface area contributed by atoms with E-state index in [1.807, 2.05) is 18.7 Å². The Labute approximate surface area is 173 Å². The standard InChI is InChI=1S/C21H27FN4O4/c1-9-6-25(7-10(2)15(9)23)18-14(22)16(24)13-17(20(18)30-3)26(11-4-5-11)8-12(19(13)27)21(28)29/h8-11,15H,4-7,23-24H2,1-3H3,(H,28,29). The minimum atomic E-state index is -1.37. The van der Waals surface area contributed by atoms with E-state index in [9.17, 15) is 14.7 Å². The van der Waals surface area contributed by atoms with Gasteiger partial charge in [-0.25, -0.2) is 9.18 Å². The summed E-state index contributed by atoms with van der Waals surface area (Å²) in [6.07, 6.45) is 2.99. The van der Waals surface area contributed by atoms with Crippen molar-refractivity contribution >= 4 is 28.2 Å². The van der Waals surface area contributed by atoms with Gasteiger partial charge in [-0.15, -0.1) is 0 Å². The molecule has 1 saturated carbocycles. The summed E-state index contributed by atoms with van der Waals surface area (Å²) in [4.78, 5) is 26.4. The molecular formula is C21H27FN4O4. The number of nitrogens with zero attached hydrogens (tertiary/aromatic N) is 2. The molecular weight excluding hydrogens is 391 g/mol. The number of nitrogens with two attached hydrogens (primary N) is 2. The van der Waals surface area contributed by atoms with Gasteiger partial charge in [0.15, 0.2) is 11.6 Å². The van der Waals surface area contributed by atoms with E-state index in [-0.39, 0.29) is 46.4 Å². The zero-order valence-corrected chi connectivity index (χ0v) is 17.3. The topological polar surface area (TPSA) is 124 Å². The number of methoxy groups -OCH3 is 1. The van der Waals surface area contributed by atoms with E-state index in [1.165, 1.54) is 13.3 Å². The van der Waals surface area contributed by atoms with Gasteiger partial charge in [-0.2, -0.15) is 0 Å². The Morgan fingerprint density at radius 3 is 2.37 bits per heavy atom. The number of pyridine rings is 1. The lowest BCUT2D eigenvalue weighted by Crippen LogP contribution is -2.51. The number of carboxylic acids is 1. The first-order valence-electron chi connectivity index (χ1n) is 10.1. The molecule has 2 atom stereocenters. The van der Waals surface area contributed by atoms with E-state index in [0.717, 1.165) is 12.8 Å². The zero-order chi connectivity index (χ0) is 21.9. The highest BCUT2D eigenvalue weighted by molar-refractivity contribution is 6.03. The molecule has 8 nitrogen and oxygen atoms in total. The van der Waals surface area contributed by atoms with Crippen LogP contribution in [0.1, 0.15) is 43.1 Å². The Kier molecular flexibility index (Phi) is 4.88. The summed E-state index contributed by atoms with van der Waals surface area (Å²) < 4.78 is 23.0. The van der Waals surface area contributed by atoms with Gasteiger partial charge in [0, 0.05) is 31.4 Å². The van der Waals surface area contributed by atoms with E-state index < -0.39 is 22.8 Å². The van der Waals surface area contributed by atoms with Crippen molar-refractivity contribution in [3.63, 3.8) is 0 Å². The molecule has 2 fully saturated rings. The minimum absolute atomic E-state index is 0.00382. The molecule has 1 aliphatic carbocycles. The summed E-state index contributed by atoms with van der Waals surface area (Å²) in [5, 5.41) is 9.34. The van der Waals surface area contributed by atoms with Crippen molar-refractivity contribution in [3.8, 4) is 5.75 Å². The summed E-state index contributed by atoms with van der Waals surface area (Å²) in [6, 6.07) is 0.0151. The normalized spacial score (nSPS) is 24.3. The third-order valence-corrected chi connectivity index (χ3v) is 6.40. The summed E-state index contributed by atoms with van der Waals surface area (Å²) in [6.45, 7) is 5.07. The van der Waals surface area contributed by atoms with E-state index in [2.05, 4.69) is 0 Å². The van der Waals surface area contributed by atoms with Crippen molar-refractivity contribution in [3.05, 3.63) is 27.8 Å². The number of aromatic nitrogens is 1. The Hall–Kier alpha value is -2.81. The maximum atomic E-state index is 15.6. The SMILES string of the molecule is COc1c(N2CC(C)C(N)C(C)C2)c(F)c(N)c2c(=O)c(C(=O)O)cn(C3CC3)c12. The van der Waals surface area contributed by atoms with Crippen molar-refractivity contribution in [2.75, 3.05) is 30.8 Å². The van der Waals surface area contributed by atoms with Gasteiger partial charge >= 0.3 is 5.97 Å². The zero-order valence-electron chi connectivity index (χ0n) is 17.3. The van der Waals surface area contributed by atoms with E-state index in [4.69, 9.17) is 16.2 Å². The van der Waals surface area contributed by atoms with Gasteiger partial charge in [0.2, 0.25) is 5.43 Å². The second-order valence-corrected chi connectivity index (χ2v) is 8.59. The van der Waals surface area contributed by atoms with Gasteiger partial charge in [-0.3, -0.25) is 4.79 Å². The number of halogens is 1. The minimum Gasteiger partial charge on any atom is -0.492 e. The van der Waals surface area contributed by atoms with Crippen molar-refractivity contribution < 1.29 is 19.0 Å². The number of piperidine rings is 1. The molecule has 9 heteroatoms. The first-order valence-corrected chi connectivity index (χ1v) is 10.1. The number of hydrogen-bond donors (Lipinski definition) is 3. The maximum absolute atomic E-state index is 15.6. The van der Waals surface area contributed by atoms with E-state index in [0.29, 0.717) is 18.6 Å². The molecule has 1 aromatic heterocycles. The third-order valence-electron chi connectivity index (χ3n) is 6.40. The van der Waals surface area contributed by atoms with Gasteiger partial charge < -0.3 is 30.8 Å². The number of aromatic carboxylic acids is 1. The molecule has 0 bridgehead atoms. The fraction of sp³-hybridized carbons (Fsp3) is 0.524. The van der Waals surface area contributed by atoms with Crippen molar-refractivity contribution in [1.29, 1.82) is 0 Å². The number of benzene rings is 1. The molecule has 30 heavy (non-hydrogen) atoms. The molecule has 0 spiro atoms. The lowest BCUT2D eigenvalue weighted by atomic mass is 9.86. The fourth-order valence-corrected chi connectivity index (χ4v) is 4.59. The maximum Gasteiger partial charge on any atom is 0.341 e. The first-order chi connectivity index (χ1) is 14.2. The van der Waals surface area contributed by atoms with Crippen LogP contribution in [0.3, 0.4) is 0 Å². The van der Waals surface area contributed by atoms with E-state index in [1.54, 1.807) is 4.57 Å². The van der Waals surface area contributed by atoms with Gasteiger partial charge in [-0.05, 0) is 24.7 Å². The highest BCUT2D eigenvalue weighted by Gasteiger charge is 2.36. The van der Waals surface area contributed by atoms with Crippen molar-refractivity contribution in [2.45, 2.75) is 38.8 Å². The van der Waals surface area contributed by atoms with Crippen LogP contribution in [0.5, 0.6) is 5.75 Å². The number of fused-ring (bicyclic) bond motifs is 1. The third kappa shape index (κ3) is 2.99. The molecule has 2 unspecified atom stereocenters. The van der Waals surface area contributed by atoms with Gasteiger partial charge in [0.25, 0.3) is 0 Å². The number of rotatable bonds is 4. The second kappa shape index (κ2) is 7.16. The fourth-order valence-electron chi connectivity index (χ4n) is 4.59. The van der Waals surface area contributed by atoms with Crippen LogP contribution in [0.15, 0.2) is 11.0 Å². The predicted octanol–water partition coefficient (Wildman–Crippen LogP) is 2.18. The molecule has 4 rings (SSSR count). The molecule has 2 heterocycles. The lowest BCUT2D eigenvalue weighted by molar-refractivity contribution is 0.0695. The van der Waals surface area contributed by atoms with Crippen LogP contribution in [0.25, 0.3) is 10.9 Å². The number of hydrogen-bond acceptors (Lipinski definition) is 6. The van der Waals surface area contributed by atoms with Crippen LogP contribution in [-0.4, -0.2) is 41.9 Å². The largest absolute Gasteiger partial charge is 0.492 e. The average molecular weight is 418 g/mol. The highest BCUT2D eigenvalue weighted by Crippen LogP contribution is 2.46. The smallest absolute Gasteiger partial charge is 0.341 e. The molecule has 0 radical (unpaired) electrons. The molecule has 0 amide bonds. The van der Waals surface area contributed by atoms with Crippen molar-refractivity contribution in [1.82, 2.24) is 4.57 Å². The van der Waals surface area contributed by atoms with Crippen molar-refractivity contribution in [2.24, 2.45) is 17.6 Å². The van der Waals surface area contributed by atoms with E-state index >= 15 is 4.39 Å². The van der Waals surface area contributed by atoms with Crippen LogP contribution in [0, 0.1) is 17.7 Å². The van der Waals surface area contributed by atoms with Crippen LogP contribution < -0.4 is 26.5 Å². The molecule has 1 saturated heterocycles. The van der Waals surface area contributed by atoms with Crippen LogP contribution in [0.4, 0.5) is 15.8 Å². The Bertz CT molecular complexity index is 1080. The lowest BCUT2D eigenvalue weighted by Gasteiger charge is -2.41. The van der Waals surface area contributed by atoms with Crippen LogP contribution >= 0.6 is 0 Å². The molecule has 162 valence electrons. The molecule has 2 aliphatic rings. The van der Waals surface area contributed by atoms with Gasteiger partial charge in [0.1, 0.15) is 11.3 Å².